The maximum atomic E-state index is 12.2. The van der Waals surface area contributed by atoms with Crippen molar-refractivity contribution in [2.24, 2.45) is 0 Å². The van der Waals surface area contributed by atoms with E-state index in [-0.39, 0.29) is 4.90 Å². The average molecular weight is 389 g/mol. The van der Waals surface area contributed by atoms with Crippen LogP contribution in [0.5, 0.6) is 11.5 Å². The Labute approximate surface area is 157 Å². The van der Waals surface area contributed by atoms with Gasteiger partial charge in [0.2, 0.25) is 0 Å². The molecule has 2 rings (SSSR count). The maximum Gasteiger partial charge on any atom is 0.275 e. The molecule has 0 saturated carbocycles. The number of nitrogens with zero attached hydrogens (tertiary/aromatic N) is 1. The van der Waals surface area contributed by atoms with Gasteiger partial charge in [0.25, 0.3) is 15.9 Å². The summed E-state index contributed by atoms with van der Waals surface area (Å²) in [6.07, 6.45) is -0.938. The molecule has 0 heterocycles. The largest absolute Gasteiger partial charge is 0.494 e. The van der Waals surface area contributed by atoms with E-state index in [1.807, 2.05) is 17.8 Å². The highest BCUT2D eigenvalue weighted by Crippen LogP contribution is 2.18. The van der Waals surface area contributed by atoms with Gasteiger partial charge in [0.1, 0.15) is 11.5 Å². The highest BCUT2D eigenvalue weighted by molar-refractivity contribution is 7.89. The lowest BCUT2D eigenvalue weighted by atomic mass is 10.2. The van der Waals surface area contributed by atoms with E-state index in [1.54, 1.807) is 24.3 Å². The summed E-state index contributed by atoms with van der Waals surface area (Å²) >= 11 is 0. The molecule has 8 nitrogen and oxygen atoms in total. The van der Waals surface area contributed by atoms with E-state index in [2.05, 4.69) is 5.43 Å². The smallest absolute Gasteiger partial charge is 0.275 e. The molecule has 0 saturated heterocycles. The monoisotopic (exact) mass is 389 g/mol. The third-order valence-corrected chi connectivity index (χ3v) is 4.68. The van der Waals surface area contributed by atoms with E-state index in [4.69, 9.17) is 14.7 Å². The van der Waals surface area contributed by atoms with E-state index in [1.165, 1.54) is 31.2 Å². The van der Waals surface area contributed by atoms with Gasteiger partial charge in [-0.2, -0.15) is 5.26 Å². The lowest BCUT2D eigenvalue weighted by molar-refractivity contribution is -0.127. The third kappa shape index (κ3) is 5.70. The zero-order chi connectivity index (χ0) is 19.9. The van der Waals surface area contributed by atoms with E-state index in [9.17, 15) is 13.2 Å². The number of nitrogens with one attached hydrogen (secondary N) is 2. The quantitative estimate of drug-likeness (QED) is 0.664. The van der Waals surface area contributed by atoms with Crippen molar-refractivity contribution < 1.29 is 22.7 Å². The van der Waals surface area contributed by atoms with Crippen molar-refractivity contribution in [3.8, 4) is 17.6 Å². The van der Waals surface area contributed by atoms with E-state index < -0.39 is 22.0 Å². The molecule has 0 unspecified atom stereocenters. The molecule has 1 amide bonds. The van der Waals surface area contributed by atoms with Crippen molar-refractivity contribution >= 4 is 15.9 Å². The number of benzene rings is 2. The number of hydrazine groups is 1. The van der Waals surface area contributed by atoms with Gasteiger partial charge in [-0.05, 0) is 62.4 Å². The second kappa shape index (κ2) is 9.02. The standard InChI is InChI=1S/C18H19N3O5S/c1-3-25-15-6-8-16(9-7-15)26-13(2)18(22)20-21-27(23,24)17-10-4-14(12-19)5-11-17/h4-11,13,21H,3H2,1-2H3,(H,20,22)/t13-/m1/s1. The Morgan fingerprint density at radius 1 is 1.11 bits per heavy atom. The second-order valence-corrected chi connectivity index (χ2v) is 7.08. The van der Waals surface area contributed by atoms with Crippen LogP contribution in [0.15, 0.2) is 53.4 Å². The van der Waals surface area contributed by atoms with Gasteiger partial charge < -0.3 is 9.47 Å². The number of carbonyl (C=O) groups excluding carboxylic acids is 1. The molecule has 0 aliphatic rings. The van der Waals surface area contributed by atoms with E-state index >= 15 is 0 Å². The van der Waals surface area contributed by atoms with Crippen molar-refractivity contribution in [3.05, 3.63) is 54.1 Å². The molecule has 0 aliphatic heterocycles. The first-order chi connectivity index (χ1) is 12.9. The molecular formula is C18H19N3O5S. The fraction of sp³-hybridized carbons (Fsp3) is 0.222. The molecule has 0 radical (unpaired) electrons. The molecule has 0 aliphatic carbocycles. The normalized spacial score (nSPS) is 11.9. The summed E-state index contributed by atoms with van der Waals surface area (Å²) in [5.41, 5.74) is 2.44. The summed E-state index contributed by atoms with van der Waals surface area (Å²) < 4.78 is 35.1. The van der Waals surface area contributed by atoms with Crippen molar-refractivity contribution in [3.63, 3.8) is 0 Å². The number of nitriles is 1. The van der Waals surface area contributed by atoms with E-state index in [0.29, 0.717) is 23.7 Å². The molecule has 27 heavy (non-hydrogen) atoms. The van der Waals surface area contributed by atoms with Gasteiger partial charge in [-0.1, -0.05) is 0 Å². The van der Waals surface area contributed by atoms with Crippen molar-refractivity contribution in [2.75, 3.05) is 6.61 Å². The van der Waals surface area contributed by atoms with Crippen LogP contribution in [0.4, 0.5) is 0 Å². The first-order valence-corrected chi connectivity index (χ1v) is 9.55. The van der Waals surface area contributed by atoms with Crippen LogP contribution in [-0.4, -0.2) is 27.0 Å². The predicted molar refractivity (Wildman–Crippen MR) is 97.3 cm³/mol. The van der Waals surface area contributed by atoms with Gasteiger partial charge in [-0.3, -0.25) is 10.2 Å². The molecule has 0 spiro atoms. The average Bonchev–Trinajstić information content (AvgIpc) is 2.68. The zero-order valence-corrected chi connectivity index (χ0v) is 15.6. The van der Waals surface area contributed by atoms with Crippen LogP contribution in [0, 0.1) is 11.3 Å². The molecule has 2 aromatic carbocycles. The van der Waals surface area contributed by atoms with Crippen LogP contribution in [0.1, 0.15) is 19.4 Å². The molecule has 142 valence electrons. The topological polar surface area (TPSA) is 118 Å². The highest BCUT2D eigenvalue weighted by atomic mass is 32.2. The Kier molecular flexibility index (Phi) is 6.76. The van der Waals surface area contributed by atoms with Gasteiger partial charge in [0, 0.05) is 0 Å². The molecule has 2 N–H and O–H groups in total. The van der Waals surface area contributed by atoms with Gasteiger partial charge in [0.15, 0.2) is 6.10 Å². The summed E-state index contributed by atoms with van der Waals surface area (Å²) in [5, 5.41) is 8.74. The van der Waals surface area contributed by atoms with Gasteiger partial charge >= 0.3 is 0 Å². The number of amides is 1. The Morgan fingerprint density at radius 2 is 1.70 bits per heavy atom. The van der Waals surface area contributed by atoms with Crippen LogP contribution in [-0.2, 0) is 14.8 Å². The van der Waals surface area contributed by atoms with Crippen LogP contribution in [0.25, 0.3) is 0 Å². The van der Waals surface area contributed by atoms with Crippen molar-refractivity contribution in [1.82, 2.24) is 10.3 Å². The molecule has 0 bridgehead atoms. The molecule has 2 aromatic rings. The lowest BCUT2D eigenvalue weighted by Crippen LogP contribution is -2.47. The number of rotatable bonds is 8. The SMILES string of the molecule is CCOc1ccc(O[C@H](C)C(=O)NNS(=O)(=O)c2ccc(C#N)cc2)cc1. The number of carbonyl (C=O) groups is 1. The van der Waals surface area contributed by atoms with Crippen LogP contribution >= 0.6 is 0 Å². The number of hydrogen-bond acceptors (Lipinski definition) is 6. The Morgan fingerprint density at radius 3 is 2.26 bits per heavy atom. The molecule has 9 heteroatoms. The third-order valence-electron chi connectivity index (χ3n) is 3.42. The summed E-state index contributed by atoms with van der Waals surface area (Å²) in [4.78, 5) is 14.0. The minimum Gasteiger partial charge on any atom is -0.494 e. The number of sulfonamides is 1. The van der Waals surface area contributed by atoms with Crippen molar-refractivity contribution in [2.45, 2.75) is 24.8 Å². The minimum absolute atomic E-state index is 0.0816. The minimum atomic E-state index is -3.96. The number of ether oxygens (including phenoxy) is 2. The van der Waals surface area contributed by atoms with Crippen LogP contribution in [0.2, 0.25) is 0 Å². The first kappa shape index (κ1) is 20.2. The maximum absolute atomic E-state index is 12.2. The lowest BCUT2D eigenvalue weighted by Gasteiger charge is -2.15. The predicted octanol–water partition coefficient (Wildman–Crippen LogP) is 1.73. The van der Waals surface area contributed by atoms with Crippen LogP contribution in [0.3, 0.4) is 0 Å². The van der Waals surface area contributed by atoms with Crippen molar-refractivity contribution in [1.29, 1.82) is 5.26 Å². The van der Waals surface area contributed by atoms with Gasteiger partial charge in [-0.15, -0.1) is 4.83 Å². The van der Waals surface area contributed by atoms with E-state index in [0.717, 1.165) is 0 Å². The fourth-order valence-electron chi connectivity index (χ4n) is 2.03. The molecular weight excluding hydrogens is 370 g/mol. The summed E-state index contributed by atoms with van der Waals surface area (Å²) in [5.74, 6) is 0.453. The summed E-state index contributed by atoms with van der Waals surface area (Å²) in [6.45, 7) is 3.90. The molecule has 1 atom stereocenters. The highest BCUT2D eigenvalue weighted by Gasteiger charge is 2.19. The summed E-state index contributed by atoms with van der Waals surface area (Å²) in [7, 11) is -3.96. The Hall–Kier alpha value is -3.09. The first-order valence-electron chi connectivity index (χ1n) is 8.07. The summed E-state index contributed by atoms with van der Waals surface area (Å²) in [6, 6.07) is 13.9. The molecule has 0 aromatic heterocycles. The second-order valence-electron chi connectivity index (χ2n) is 5.40. The zero-order valence-electron chi connectivity index (χ0n) is 14.8. The van der Waals surface area contributed by atoms with Gasteiger partial charge in [-0.25, -0.2) is 8.42 Å². The fourth-order valence-corrected chi connectivity index (χ4v) is 2.87. The molecule has 0 fully saturated rings. The van der Waals surface area contributed by atoms with Gasteiger partial charge in [0.05, 0.1) is 23.1 Å². The number of hydrogen-bond donors (Lipinski definition) is 2. The Bertz CT molecular complexity index is 919. The Balaban J connectivity index is 1.92. The van der Waals surface area contributed by atoms with Crippen LogP contribution < -0.4 is 19.7 Å².